The monoisotopic (exact) mass is 546 g/mol. The molecule has 0 fully saturated rings. The van der Waals surface area contributed by atoms with E-state index in [0.29, 0.717) is 32.8 Å². The van der Waals surface area contributed by atoms with Crippen molar-refractivity contribution in [3.63, 3.8) is 0 Å². The highest BCUT2D eigenvalue weighted by molar-refractivity contribution is 6.35. The maximum atomic E-state index is 13.6. The van der Waals surface area contributed by atoms with E-state index < -0.39 is 6.04 Å². The summed E-state index contributed by atoms with van der Waals surface area (Å²) in [5.41, 5.74) is 1.60. The normalized spacial score (nSPS) is 12.5. The van der Waals surface area contributed by atoms with Crippen LogP contribution in [0.1, 0.15) is 31.4 Å². The Labute approximate surface area is 227 Å². The van der Waals surface area contributed by atoms with Crippen LogP contribution in [0.5, 0.6) is 5.75 Å². The van der Waals surface area contributed by atoms with Gasteiger partial charge in [-0.3, -0.25) is 9.59 Å². The Kier molecular flexibility index (Phi) is 10.5. The van der Waals surface area contributed by atoms with Crippen LogP contribution >= 0.6 is 34.8 Å². The lowest BCUT2D eigenvalue weighted by atomic mass is 10.0. The fourth-order valence-corrected chi connectivity index (χ4v) is 4.26. The van der Waals surface area contributed by atoms with E-state index in [0.717, 1.165) is 12.0 Å². The molecule has 0 aliphatic heterocycles. The summed E-state index contributed by atoms with van der Waals surface area (Å²) in [5, 5.41) is 4.43. The van der Waals surface area contributed by atoms with E-state index in [1.807, 2.05) is 44.2 Å². The van der Waals surface area contributed by atoms with Crippen molar-refractivity contribution in [2.45, 2.75) is 45.3 Å². The number of amides is 2. The van der Waals surface area contributed by atoms with Gasteiger partial charge in [0.2, 0.25) is 5.91 Å². The molecule has 3 rings (SSSR count). The minimum absolute atomic E-state index is 0.0467. The maximum absolute atomic E-state index is 13.6. The SMILES string of the molecule is CC[C@H](C)NC(=O)[C@@H](Cc1ccccc1)N(Cc1ccc(Cl)cc1Cl)C(=O)COc1cccc(Cl)c1. The average molecular weight is 548 g/mol. The first kappa shape index (κ1) is 27.9. The number of halogens is 3. The third-order valence-corrected chi connectivity index (χ3v) is 6.61. The Morgan fingerprint density at radius 2 is 1.67 bits per heavy atom. The number of benzene rings is 3. The van der Waals surface area contributed by atoms with Gasteiger partial charge in [-0.2, -0.15) is 0 Å². The molecule has 36 heavy (non-hydrogen) atoms. The number of ether oxygens (including phenoxy) is 1. The van der Waals surface area contributed by atoms with E-state index in [2.05, 4.69) is 5.32 Å². The highest BCUT2D eigenvalue weighted by Crippen LogP contribution is 2.24. The van der Waals surface area contributed by atoms with E-state index in [1.54, 1.807) is 42.5 Å². The Hall–Kier alpha value is -2.73. The average Bonchev–Trinajstić information content (AvgIpc) is 2.86. The lowest BCUT2D eigenvalue weighted by molar-refractivity contribution is -0.143. The molecule has 1 N–H and O–H groups in total. The highest BCUT2D eigenvalue weighted by Gasteiger charge is 2.31. The summed E-state index contributed by atoms with van der Waals surface area (Å²) in [6.45, 7) is 3.76. The number of hydrogen-bond donors (Lipinski definition) is 1. The van der Waals surface area contributed by atoms with Crippen LogP contribution in [0.15, 0.2) is 72.8 Å². The topological polar surface area (TPSA) is 58.6 Å². The fraction of sp³-hybridized carbons (Fsp3) is 0.286. The molecule has 0 spiro atoms. The first-order chi connectivity index (χ1) is 17.3. The molecule has 3 aromatic rings. The number of nitrogens with zero attached hydrogens (tertiary/aromatic N) is 1. The van der Waals surface area contributed by atoms with Crippen molar-refractivity contribution in [3.05, 3.63) is 99.0 Å². The van der Waals surface area contributed by atoms with E-state index in [-0.39, 0.29) is 31.0 Å². The van der Waals surface area contributed by atoms with Crippen molar-refractivity contribution in [1.82, 2.24) is 10.2 Å². The summed E-state index contributed by atoms with van der Waals surface area (Å²) in [7, 11) is 0. The van der Waals surface area contributed by atoms with Crippen LogP contribution in [0.25, 0.3) is 0 Å². The number of nitrogens with one attached hydrogen (secondary N) is 1. The van der Waals surface area contributed by atoms with Crippen LogP contribution in [0.4, 0.5) is 0 Å². The lowest BCUT2D eigenvalue weighted by Crippen LogP contribution is -2.53. The van der Waals surface area contributed by atoms with Gasteiger partial charge in [-0.15, -0.1) is 0 Å². The molecule has 3 aromatic carbocycles. The summed E-state index contributed by atoms with van der Waals surface area (Å²) < 4.78 is 5.74. The molecule has 2 atom stereocenters. The van der Waals surface area contributed by atoms with Crippen LogP contribution in [0.3, 0.4) is 0 Å². The van der Waals surface area contributed by atoms with Gasteiger partial charge in [-0.05, 0) is 54.8 Å². The van der Waals surface area contributed by atoms with Crippen molar-refractivity contribution in [3.8, 4) is 5.75 Å². The zero-order chi connectivity index (χ0) is 26.1. The zero-order valence-electron chi connectivity index (χ0n) is 20.2. The van der Waals surface area contributed by atoms with Gasteiger partial charge in [0.05, 0.1) is 0 Å². The minimum Gasteiger partial charge on any atom is -0.484 e. The predicted octanol–water partition coefficient (Wildman–Crippen LogP) is 6.58. The van der Waals surface area contributed by atoms with E-state index in [1.165, 1.54) is 4.90 Å². The Bertz CT molecular complexity index is 1170. The summed E-state index contributed by atoms with van der Waals surface area (Å²) in [6, 6.07) is 20.7. The third kappa shape index (κ3) is 8.16. The number of hydrogen-bond acceptors (Lipinski definition) is 3. The van der Waals surface area contributed by atoms with Crippen LogP contribution in [-0.2, 0) is 22.6 Å². The molecule has 2 amide bonds. The molecule has 0 aromatic heterocycles. The Morgan fingerprint density at radius 1 is 0.944 bits per heavy atom. The van der Waals surface area contributed by atoms with Crippen molar-refractivity contribution in [1.29, 1.82) is 0 Å². The van der Waals surface area contributed by atoms with E-state index >= 15 is 0 Å². The molecule has 8 heteroatoms. The number of carbonyl (C=O) groups is 2. The molecular formula is C28H29Cl3N2O3. The number of rotatable bonds is 11. The molecule has 0 heterocycles. The second kappa shape index (κ2) is 13.5. The molecule has 5 nitrogen and oxygen atoms in total. The second-order valence-electron chi connectivity index (χ2n) is 8.53. The largest absolute Gasteiger partial charge is 0.484 e. The van der Waals surface area contributed by atoms with Crippen LogP contribution in [-0.4, -0.2) is 35.4 Å². The van der Waals surface area contributed by atoms with Crippen LogP contribution in [0, 0.1) is 0 Å². The summed E-state index contributed by atoms with van der Waals surface area (Å²) in [5.74, 6) is -0.139. The van der Waals surface area contributed by atoms with Gasteiger partial charge in [-0.1, -0.05) is 84.2 Å². The third-order valence-electron chi connectivity index (χ3n) is 5.79. The van der Waals surface area contributed by atoms with Gasteiger partial charge in [0.15, 0.2) is 6.61 Å². The molecule has 0 aliphatic carbocycles. The molecule has 0 saturated carbocycles. The van der Waals surface area contributed by atoms with Gasteiger partial charge in [0, 0.05) is 34.1 Å². The quantitative estimate of drug-likeness (QED) is 0.295. The molecular weight excluding hydrogens is 519 g/mol. The minimum atomic E-state index is -0.788. The first-order valence-corrected chi connectivity index (χ1v) is 12.9. The smallest absolute Gasteiger partial charge is 0.261 e. The van der Waals surface area contributed by atoms with Crippen molar-refractivity contribution in [2.75, 3.05) is 6.61 Å². The molecule has 0 radical (unpaired) electrons. The maximum Gasteiger partial charge on any atom is 0.261 e. The first-order valence-electron chi connectivity index (χ1n) is 11.7. The standard InChI is InChI=1S/C28H29Cl3N2O3/c1-3-19(2)32-28(35)26(14-20-8-5-4-6-9-20)33(17-21-12-13-23(30)16-25(21)31)27(34)18-36-24-11-7-10-22(29)15-24/h4-13,15-16,19,26H,3,14,17-18H2,1-2H3,(H,32,35)/t19-,26+/m0/s1. The summed E-state index contributed by atoms with van der Waals surface area (Å²) >= 11 is 18.6. The van der Waals surface area contributed by atoms with Crippen LogP contribution < -0.4 is 10.1 Å². The molecule has 190 valence electrons. The van der Waals surface area contributed by atoms with Gasteiger partial charge >= 0.3 is 0 Å². The van der Waals surface area contributed by atoms with Crippen molar-refractivity contribution >= 4 is 46.6 Å². The fourth-order valence-electron chi connectivity index (χ4n) is 3.61. The van der Waals surface area contributed by atoms with E-state index in [9.17, 15) is 9.59 Å². The highest BCUT2D eigenvalue weighted by atomic mass is 35.5. The molecule has 0 bridgehead atoms. The van der Waals surface area contributed by atoms with Crippen molar-refractivity contribution < 1.29 is 14.3 Å². The summed E-state index contributed by atoms with van der Waals surface area (Å²) in [4.78, 5) is 28.6. The molecule has 0 saturated heterocycles. The molecule has 0 aliphatic rings. The Morgan fingerprint density at radius 3 is 2.33 bits per heavy atom. The lowest BCUT2D eigenvalue weighted by Gasteiger charge is -2.32. The van der Waals surface area contributed by atoms with E-state index in [4.69, 9.17) is 39.5 Å². The number of carbonyl (C=O) groups excluding carboxylic acids is 2. The van der Waals surface area contributed by atoms with Gasteiger partial charge in [0.1, 0.15) is 11.8 Å². The summed E-state index contributed by atoms with van der Waals surface area (Å²) in [6.07, 6.45) is 1.09. The molecule has 0 unspecified atom stereocenters. The predicted molar refractivity (Wildman–Crippen MR) is 146 cm³/mol. The Balaban J connectivity index is 1.94. The zero-order valence-corrected chi connectivity index (χ0v) is 22.5. The van der Waals surface area contributed by atoms with Gasteiger partial charge in [0.25, 0.3) is 5.91 Å². The van der Waals surface area contributed by atoms with Gasteiger partial charge in [-0.25, -0.2) is 0 Å². The van der Waals surface area contributed by atoms with Gasteiger partial charge < -0.3 is 15.0 Å². The van der Waals surface area contributed by atoms with Crippen molar-refractivity contribution in [2.24, 2.45) is 0 Å². The second-order valence-corrected chi connectivity index (χ2v) is 9.81. The van der Waals surface area contributed by atoms with Crippen LogP contribution in [0.2, 0.25) is 15.1 Å².